The third-order valence-corrected chi connectivity index (χ3v) is 2.71. The molecule has 0 saturated carbocycles. The lowest BCUT2D eigenvalue weighted by Crippen LogP contribution is -1.96. The summed E-state index contributed by atoms with van der Waals surface area (Å²) in [5.41, 5.74) is 2.75. The Hall–Kier alpha value is -2.14. The van der Waals surface area contributed by atoms with Gasteiger partial charge >= 0.3 is 0 Å². The maximum atomic E-state index is 5.82. The second-order valence-electron chi connectivity index (χ2n) is 3.96. The Balaban J connectivity index is 1.95. The van der Waals surface area contributed by atoms with Crippen LogP contribution in [-0.2, 0) is 0 Å². The molecule has 0 aliphatic rings. The minimum atomic E-state index is 0.238. The predicted octanol–water partition coefficient (Wildman–Crippen LogP) is 3.06. The van der Waals surface area contributed by atoms with Crippen molar-refractivity contribution >= 4 is 34.0 Å². The Morgan fingerprint density at radius 1 is 1.22 bits per heavy atom. The van der Waals surface area contributed by atoms with E-state index in [9.17, 15) is 0 Å². The summed E-state index contributed by atoms with van der Waals surface area (Å²) in [6.07, 6.45) is 1.78. The number of hydrogen-bond donors (Lipinski definition) is 2. The van der Waals surface area contributed by atoms with Crippen LogP contribution in [0, 0.1) is 6.92 Å². The standard InChI is InChI=1S/C12H10ClN5/c1-7-4-11(17-12(13)15-7)16-9-2-3-10-8(5-9)6-14-18-10/h2-6H,1H3,(H,14,18)(H,15,16,17). The third-order valence-electron chi connectivity index (χ3n) is 2.54. The van der Waals surface area contributed by atoms with Gasteiger partial charge in [0, 0.05) is 22.8 Å². The lowest BCUT2D eigenvalue weighted by atomic mass is 10.2. The van der Waals surface area contributed by atoms with Gasteiger partial charge in [-0.2, -0.15) is 5.10 Å². The highest BCUT2D eigenvalue weighted by Gasteiger charge is 2.02. The Morgan fingerprint density at radius 2 is 2.11 bits per heavy atom. The fourth-order valence-corrected chi connectivity index (χ4v) is 1.99. The van der Waals surface area contributed by atoms with E-state index in [4.69, 9.17) is 11.6 Å². The van der Waals surface area contributed by atoms with E-state index in [1.165, 1.54) is 0 Å². The van der Waals surface area contributed by atoms with Crippen LogP contribution in [0.2, 0.25) is 5.28 Å². The largest absolute Gasteiger partial charge is 0.340 e. The minimum absolute atomic E-state index is 0.238. The van der Waals surface area contributed by atoms with Crippen molar-refractivity contribution in [2.45, 2.75) is 6.92 Å². The van der Waals surface area contributed by atoms with Crippen molar-refractivity contribution in [2.75, 3.05) is 5.32 Å². The average Bonchev–Trinajstić information content (AvgIpc) is 2.74. The lowest BCUT2D eigenvalue weighted by molar-refractivity contribution is 1.10. The number of fused-ring (bicyclic) bond motifs is 1. The first-order chi connectivity index (χ1) is 8.70. The molecule has 0 amide bonds. The highest BCUT2D eigenvalue weighted by atomic mass is 35.5. The molecule has 0 atom stereocenters. The number of rotatable bonds is 2. The molecule has 0 aliphatic carbocycles. The number of aromatic amines is 1. The second-order valence-corrected chi connectivity index (χ2v) is 4.30. The number of anilines is 2. The first kappa shape index (κ1) is 11.0. The topological polar surface area (TPSA) is 66.5 Å². The number of benzene rings is 1. The van der Waals surface area contributed by atoms with E-state index in [0.717, 1.165) is 22.3 Å². The summed E-state index contributed by atoms with van der Waals surface area (Å²) in [5.74, 6) is 0.676. The molecule has 0 unspecified atom stereocenters. The lowest BCUT2D eigenvalue weighted by Gasteiger charge is -2.06. The Kier molecular flexibility index (Phi) is 2.60. The summed E-state index contributed by atoms with van der Waals surface area (Å²) >= 11 is 5.82. The minimum Gasteiger partial charge on any atom is -0.340 e. The zero-order valence-electron chi connectivity index (χ0n) is 9.61. The SMILES string of the molecule is Cc1cc(Nc2ccc3[nH]ncc3c2)nc(Cl)n1. The summed E-state index contributed by atoms with van der Waals surface area (Å²) in [6, 6.07) is 7.74. The van der Waals surface area contributed by atoms with Crippen molar-refractivity contribution in [3.63, 3.8) is 0 Å². The van der Waals surface area contributed by atoms with Crippen LogP contribution >= 0.6 is 11.6 Å². The molecule has 6 heteroatoms. The van der Waals surface area contributed by atoms with Crippen LogP contribution in [0.25, 0.3) is 10.9 Å². The van der Waals surface area contributed by atoms with E-state index in [1.54, 1.807) is 6.20 Å². The van der Waals surface area contributed by atoms with Crippen LogP contribution in [0.4, 0.5) is 11.5 Å². The average molecular weight is 260 g/mol. The van der Waals surface area contributed by atoms with Crippen LogP contribution < -0.4 is 5.32 Å². The molecule has 90 valence electrons. The molecule has 18 heavy (non-hydrogen) atoms. The fourth-order valence-electron chi connectivity index (χ4n) is 1.76. The van der Waals surface area contributed by atoms with E-state index in [0.29, 0.717) is 5.82 Å². The number of hydrogen-bond acceptors (Lipinski definition) is 4. The van der Waals surface area contributed by atoms with Gasteiger partial charge in [-0.15, -0.1) is 0 Å². The van der Waals surface area contributed by atoms with Gasteiger partial charge in [0.2, 0.25) is 5.28 Å². The fraction of sp³-hybridized carbons (Fsp3) is 0.0833. The molecule has 2 N–H and O–H groups in total. The van der Waals surface area contributed by atoms with Gasteiger partial charge in [0.15, 0.2) is 0 Å². The number of nitrogens with zero attached hydrogens (tertiary/aromatic N) is 3. The first-order valence-electron chi connectivity index (χ1n) is 5.42. The van der Waals surface area contributed by atoms with Crippen molar-refractivity contribution in [3.8, 4) is 0 Å². The van der Waals surface area contributed by atoms with Gasteiger partial charge in [0.05, 0.1) is 11.7 Å². The summed E-state index contributed by atoms with van der Waals surface area (Å²) < 4.78 is 0. The maximum absolute atomic E-state index is 5.82. The molecule has 0 spiro atoms. The van der Waals surface area contributed by atoms with Crippen molar-refractivity contribution < 1.29 is 0 Å². The molecule has 0 aliphatic heterocycles. The molecule has 2 aromatic heterocycles. The smallest absolute Gasteiger partial charge is 0.224 e. The first-order valence-corrected chi connectivity index (χ1v) is 5.80. The molecular weight excluding hydrogens is 250 g/mol. The molecular formula is C12H10ClN5. The van der Waals surface area contributed by atoms with Crippen LogP contribution in [0.15, 0.2) is 30.5 Å². The highest BCUT2D eigenvalue weighted by Crippen LogP contribution is 2.20. The van der Waals surface area contributed by atoms with Gasteiger partial charge in [0.1, 0.15) is 5.82 Å². The molecule has 2 heterocycles. The second kappa shape index (κ2) is 4.27. The van der Waals surface area contributed by atoms with Crippen molar-refractivity contribution in [3.05, 3.63) is 41.4 Å². The normalized spacial score (nSPS) is 10.8. The predicted molar refractivity (Wildman–Crippen MR) is 71.2 cm³/mol. The van der Waals surface area contributed by atoms with Gasteiger partial charge in [-0.1, -0.05) is 0 Å². The quantitative estimate of drug-likeness (QED) is 0.694. The van der Waals surface area contributed by atoms with Crippen LogP contribution in [-0.4, -0.2) is 20.2 Å². The van der Waals surface area contributed by atoms with E-state index >= 15 is 0 Å². The Bertz CT molecular complexity index is 686. The van der Waals surface area contributed by atoms with E-state index in [2.05, 4.69) is 25.5 Å². The van der Waals surface area contributed by atoms with Gasteiger partial charge in [-0.05, 0) is 36.7 Å². The molecule has 0 bridgehead atoms. The van der Waals surface area contributed by atoms with E-state index in [-0.39, 0.29) is 5.28 Å². The zero-order chi connectivity index (χ0) is 12.5. The summed E-state index contributed by atoms with van der Waals surface area (Å²) in [4.78, 5) is 8.13. The molecule has 5 nitrogen and oxygen atoms in total. The number of nitrogens with one attached hydrogen (secondary N) is 2. The van der Waals surface area contributed by atoms with Gasteiger partial charge in [-0.25, -0.2) is 9.97 Å². The zero-order valence-corrected chi connectivity index (χ0v) is 10.4. The summed E-state index contributed by atoms with van der Waals surface area (Å²) in [6.45, 7) is 1.87. The molecule has 1 aromatic carbocycles. The maximum Gasteiger partial charge on any atom is 0.224 e. The number of halogens is 1. The highest BCUT2D eigenvalue weighted by molar-refractivity contribution is 6.28. The van der Waals surface area contributed by atoms with E-state index in [1.807, 2.05) is 31.2 Å². The monoisotopic (exact) mass is 259 g/mol. The molecule has 0 radical (unpaired) electrons. The van der Waals surface area contributed by atoms with Gasteiger partial charge in [-0.3, -0.25) is 5.10 Å². The van der Waals surface area contributed by atoms with Crippen LogP contribution in [0.3, 0.4) is 0 Å². The molecule has 0 fully saturated rings. The summed E-state index contributed by atoms with van der Waals surface area (Å²) in [5, 5.41) is 11.3. The van der Waals surface area contributed by atoms with Gasteiger partial charge in [0.25, 0.3) is 0 Å². The van der Waals surface area contributed by atoms with Crippen molar-refractivity contribution in [2.24, 2.45) is 0 Å². The molecule has 3 aromatic rings. The van der Waals surface area contributed by atoms with Crippen LogP contribution in [0.1, 0.15) is 5.69 Å². The number of aryl methyl sites for hydroxylation is 1. The van der Waals surface area contributed by atoms with Crippen molar-refractivity contribution in [1.29, 1.82) is 0 Å². The number of aromatic nitrogens is 4. The summed E-state index contributed by atoms with van der Waals surface area (Å²) in [7, 11) is 0. The molecule has 0 saturated heterocycles. The number of H-pyrrole nitrogens is 1. The third kappa shape index (κ3) is 2.12. The Labute approximate surface area is 108 Å². The van der Waals surface area contributed by atoms with E-state index < -0.39 is 0 Å². The Morgan fingerprint density at radius 3 is 2.94 bits per heavy atom. The molecule has 3 rings (SSSR count). The van der Waals surface area contributed by atoms with Crippen LogP contribution in [0.5, 0.6) is 0 Å². The van der Waals surface area contributed by atoms with Crippen molar-refractivity contribution in [1.82, 2.24) is 20.2 Å². The van der Waals surface area contributed by atoms with Gasteiger partial charge < -0.3 is 5.32 Å².